The Kier molecular flexibility index (Phi) is 6.09. The highest BCUT2D eigenvalue weighted by atomic mass is 32.2. The van der Waals surface area contributed by atoms with Gasteiger partial charge in [-0.3, -0.25) is 14.2 Å². The number of aromatic nitrogens is 2. The fraction of sp³-hybridized carbons (Fsp3) is 0.250. The molecule has 1 aromatic heterocycles. The first-order valence-electron chi connectivity index (χ1n) is 9.01. The molecule has 2 aromatic carbocycles. The lowest BCUT2D eigenvalue weighted by atomic mass is 10.2. The maximum absolute atomic E-state index is 12.4. The van der Waals surface area contributed by atoms with Crippen LogP contribution in [-0.4, -0.2) is 42.3 Å². The summed E-state index contributed by atoms with van der Waals surface area (Å²) < 4.78 is 26.7. The van der Waals surface area contributed by atoms with E-state index in [1.807, 2.05) is 6.07 Å². The van der Waals surface area contributed by atoms with Crippen LogP contribution >= 0.6 is 0 Å². The van der Waals surface area contributed by atoms with Crippen LogP contribution in [0.4, 0.5) is 0 Å². The molecule has 0 aliphatic rings. The van der Waals surface area contributed by atoms with Crippen LogP contribution in [0.25, 0.3) is 10.9 Å². The van der Waals surface area contributed by atoms with Crippen LogP contribution in [0.5, 0.6) is 0 Å². The van der Waals surface area contributed by atoms with Crippen LogP contribution in [0.15, 0.2) is 64.5 Å². The molecule has 0 aliphatic carbocycles. The van der Waals surface area contributed by atoms with E-state index >= 15 is 0 Å². The Hall–Kier alpha value is -3.04. The van der Waals surface area contributed by atoms with Crippen LogP contribution in [-0.2, 0) is 27.9 Å². The van der Waals surface area contributed by atoms with Crippen LogP contribution in [0, 0.1) is 0 Å². The molecule has 1 N–H and O–H groups in total. The van der Waals surface area contributed by atoms with Gasteiger partial charge in [0.2, 0.25) is 15.9 Å². The first-order valence-corrected chi connectivity index (χ1v) is 10.5. The zero-order chi connectivity index (χ0) is 21.0. The van der Waals surface area contributed by atoms with Gasteiger partial charge in [-0.25, -0.2) is 17.7 Å². The summed E-state index contributed by atoms with van der Waals surface area (Å²) in [6, 6.07) is 13.4. The Morgan fingerprint density at radius 2 is 1.79 bits per heavy atom. The average Bonchev–Trinajstić information content (AvgIpc) is 2.72. The molecular weight excluding hydrogens is 392 g/mol. The van der Waals surface area contributed by atoms with Crippen LogP contribution < -0.4 is 10.9 Å². The van der Waals surface area contributed by atoms with Gasteiger partial charge in [-0.05, 0) is 29.8 Å². The number of hydrogen-bond donors (Lipinski definition) is 1. The van der Waals surface area contributed by atoms with E-state index in [2.05, 4.69) is 10.3 Å². The zero-order valence-electron chi connectivity index (χ0n) is 16.2. The lowest BCUT2D eigenvalue weighted by Crippen LogP contribution is -2.27. The van der Waals surface area contributed by atoms with Gasteiger partial charge in [0, 0.05) is 33.6 Å². The number of rotatable bonds is 7. The Morgan fingerprint density at radius 3 is 2.48 bits per heavy atom. The molecular formula is C20H22N4O4S. The van der Waals surface area contributed by atoms with Crippen molar-refractivity contribution in [2.75, 3.05) is 14.1 Å². The van der Waals surface area contributed by atoms with E-state index < -0.39 is 10.0 Å². The van der Waals surface area contributed by atoms with Crippen molar-refractivity contribution in [1.82, 2.24) is 19.2 Å². The molecule has 0 unspecified atom stereocenters. The third-order valence-corrected chi connectivity index (χ3v) is 6.33. The van der Waals surface area contributed by atoms with Crippen molar-refractivity contribution in [2.24, 2.45) is 0 Å². The van der Waals surface area contributed by atoms with Gasteiger partial charge in [-0.2, -0.15) is 0 Å². The lowest BCUT2D eigenvalue weighted by molar-refractivity contribution is -0.121. The summed E-state index contributed by atoms with van der Waals surface area (Å²) in [4.78, 5) is 29.0. The normalized spacial score (nSPS) is 11.7. The van der Waals surface area contributed by atoms with Crippen molar-refractivity contribution in [3.05, 3.63) is 70.8 Å². The van der Waals surface area contributed by atoms with Crippen LogP contribution in [0.2, 0.25) is 0 Å². The van der Waals surface area contributed by atoms with Crippen molar-refractivity contribution in [3.8, 4) is 0 Å². The second-order valence-corrected chi connectivity index (χ2v) is 8.87. The second-order valence-electron chi connectivity index (χ2n) is 6.72. The largest absolute Gasteiger partial charge is 0.352 e. The number of aryl methyl sites for hydroxylation is 1. The first-order chi connectivity index (χ1) is 13.8. The topological polar surface area (TPSA) is 101 Å². The van der Waals surface area contributed by atoms with Crippen LogP contribution in [0.3, 0.4) is 0 Å². The molecule has 0 radical (unpaired) electrons. The van der Waals surface area contributed by atoms with E-state index in [1.165, 1.54) is 37.1 Å². The molecule has 0 spiro atoms. The molecule has 3 rings (SSSR count). The molecule has 152 valence electrons. The van der Waals surface area contributed by atoms with Crippen molar-refractivity contribution in [2.45, 2.75) is 24.4 Å². The number of benzene rings is 2. The summed E-state index contributed by atoms with van der Waals surface area (Å²) in [5, 5.41) is 3.29. The number of nitrogens with zero attached hydrogens (tertiary/aromatic N) is 3. The maximum atomic E-state index is 12.4. The average molecular weight is 414 g/mol. The monoisotopic (exact) mass is 414 g/mol. The van der Waals surface area contributed by atoms with E-state index in [0.29, 0.717) is 10.9 Å². The number of hydrogen-bond acceptors (Lipinski definition) is 5. The van der Waals surface area contributed by atoms with Gasteiger partial charge in [0.15, 0.2) is 0 Å². The Morgan fingerprint density at radius 1 is 1.10 bits per heavy atom. The molecule has 0 saturated heterocycles. The fourth-order valence-electron chi connectivity index (χ4n) is 2.77. The summed E-state index contributed by atoms with van der Waals surface area (Å²) in [5.41, 5.74) is 1.22. The Bertz CT molecular complexity index is 1190. The van der Waals surface area contributed by atoms with Gasteiger partial charge in [0.05, 0.1) is 22.1 Å². The lowest BCUT2D eigenvalue weighted by Gasteiger charge is -2.12. The molecule has 9 heteroatoms. The quantitative estimate of drug-likeness (QED) is 0.629. The van der Waals surface area contributed by atoms with E-state index in [1.54, 1.807) is 30.3 Å². The molecule has 3 aromatic rings. The molecule has 29 heavy (non-hydrogen) atoms. The third kappa shape index (κ3) is 4.69. The molecule has 0 saturated carbocycles. The smallest absolute Gasteiger partial charge is 0.261 e. The summed E-state index contributed by atoms with van der Waals surface area (Å²) in [6.45, 7) is 0.495. The SMILES string of the molecule is CN(C)S(=O)(=O)c1ccc(CNC(=O)CCn2cnc3ccccc3c2=O)cc1. The van der Waals surface area contributed by atoms with Crippen molar-refractivity contribution >= 4 is 26.8 Å². The van der Waals surface area contributed by atoms with Crippen molar-refractivity contribution < 1.29 is 13.2 Å². The van der Waals surface area contributed by atoms with Crippen molar-refractivity contribution in [3.63, 3.8) is 0 Å². The van der Waals surface area contributed by atoms with Gasteiger partial charge in [-0.1, -0.05) is 24.3 Å². The minimum Gasteiger partial charge on any atom is -0.352 e. The number of sulfonamides is 1. The second kappa shape index (κ2) is 8.54. The Balaban J connectivity index is 1.57. The molecule has 1 heterocycles. The highest BCUT2D eigenvalue weighted by molar-refractivity contribution is 7.89. The predicted molar refractivity (Wildman–Crippen MR) is 110 cm³/mol. The fourth-order valence-corrected chi connectivity index (χ4v) is 3.67. The summed E-state index contributed by atoms with van der Waals surface area (Å²) in [7, 11) is -0.532. The molecule has 0 atom stereocenters. The number of amides is 1. The predicted octanol–water partition coefficient (Wildman–Crippen LogP) is 1.35. The maximum Gasteiger partial charge on any atom is 0.261 e. The van der Waals surface area contributed by atoms with Crippen LogP contribution in [0.1, 0.15) is 12.0 Å². The Labute approximate surface area is 168 Å². The van der Waals surface area contributed by atoms with Gasteiger partial charge in [0.1, 0.15) is 0 Å². The standard InChI is InChI=1S/C20H22N4O4S/c1-23(2)29(27,28)16-9-7-15(8-10-16)13-21-19(25)11-12-24-14-22-18-6-4-3-5-17(18)20(24)26/h3-10,14H,11-13H2,1-2H3,(H,21,25). The molecule has 0 fully saturated rings. The minimum atomic E-state index is -3.48. The number of fused-ring (bicyclic) bond motifs is 1. The number of nitrogens with one attached hydrogen (secondary N) is 1. The zero-order valence-corrected chi connectivity index (χ0v) is 17.0. The molecule has 0 aliphatic heterocycles. The van der Waals surface area contributed by atoms with E-state index in [0.717, 1.165) is 9.87 Å². The molecule has 0 bridgehead atoms. The van der Waals surface area contributed by atoms with E-state index in [9.17, 15) is 18.0 Å². The highest BCUT2D eigenvalue weighted by Gasteiger charge is 2.16. The van der Waals surface area contributed by atoms with E-state index in [-0.39, 0.29) is 35.9 Å². The number of para-hydroxylation sites is 1. The number of carbonyl (C=O) groups excluding carboxylic acids is 1. The minimum absolute atomic E-state index is 0.132. The number of carbonyl (C=O) groups is 1. The summed E-state index contributed by atoms with van der Waals surface area (Å²) in [5.74, 6) is -0.213. The molecule has 8 nitrogen and oxygen atoms in total. The van der Waals surface area contributed by atoms with Crippen molar-refractivity contribution in [1.29, 1.82) is 0 Å². The van der Waals surface area contributed by atoms with Gasteiger partial charge in [0.25, 0.3) is 5.56 Å². The third-order valence-electron chi connectivity index (χ3n) is 4.50. The summed E-state index contributed by atoms with van der Waals surface area (Å²) in [6.07, 6.45) is 1.58. The van der Waals surface area contributed by atoms with Gasteiger partial charge >= 0.3 is 0 Å². The highest BCUT2D eigenvalue weighted by Crippen LogP contribution is 2.14. The van der Waals surface area contributed by atoms with E-state index in [4.69, 9.17) is 0 Å². The summed E-state index contributed by atoms with van der Waals surface area (Å²) >= 11 is 0. The van der Waals surface area contributed by atoms with Gasteiger partial charge < -0.3 is 5.32 Å². The molecule has 1 amide bonds. The van der Waals surface area contributed by atoms with Gasteiger partial charge in [-0.15, -0.1) is 0 Å². The first kappa shape index (κ1) is 20.7.